The monoisotopic (exact) mass is 251 g/mol. The van der Waals surface area contributed by atoms with Crippen LogP contribution in [0.25, 0.3) is 5.65 Å². The van der Waals surface area contributed by atoms with Gasteiger partial charge in [0.1, 0.15) is 0 Å². The third kappa shape index (κ3) is 2.16. The van der Waals surface area contributed by atoms with Crippen LogP contribution in [0.5, 0.6) is 0 Å². The SMILES string of the molecule is CC.Cc1ccn2nc(C3CCC3)nc2c1Cl. The third-order valence-corrected chi connectivity index (χ3v) is 3.59. The summed E-state index contributed by atoms with van der Waals surface area (Å²) in [7, 11) is 0. The summed E-state index contributed by atoms with van der Waals surface area (Å²) in [6.45, 7) is 5.99. The maximum atomic E-state index is 6.18. The van der Waals surface area contributed by atoms with E-state index in [1.54, 1.807) is 4.52 Å². The second-order valence-corrected chi connectivity index (χ2v) is 4.56. The van der Waals surface area contributed by atoms with Crippen molar-refractivity contribution in [3.63, 3.8) is 0 Å². The van der Waals surface area contributed by atoms with Crippen molar-refractivity contribution in [1.29, 1.82) is 0 Å². The first kappa shape index (κ1) is 12.4. The normalized spacial score (nSPS) is 15.3. The van der Waals surface area contributed by atoms with Gasteiger partial charge in [0.05, 0.1) is 5.02 Å². The first-order valence-electron chi connectivity index (χ1n) is 6.27. The van der Waals surface area contributed by atoms with E-state index in [1.807, 2.05) is 33.0 Å². The second-order valence-electron chi connectivity index (χ2n) is 4.18. The van der Waals surface area contributed by atoms with Gasteiger partial charge in [-0.25, -0.2) is 9.50 Å². The van der Waals surface area contributed by atoms with E-state index in [-0.39, 0.29) is 0 Å². The number of hydrogen-bond acceptors (Lipinski definition) is 2. The van der Waals surface area contributed by atoms with Crippen molar-refractivity contribution in [2.24, 2.45) is 0 Å². The summed E-state index contributed by atoms with van der Waals surface area (Å²) < 4.78 is 1.78. The molecule has 2 heterocycles. The van der Waals surface area contributed by atoms with Gasteiger partial charge >= 0.3 is 0 Å². The maximum absolute atomic E-state index is 6.18. The van der Waals surface area contributed by atoms with Gasteiger partial charge in [0.2, 0.25) is 0 Å². The zero-order chi connectivity index (χ0) is 12.4. The van der Waals surface area contributed by atoms with E-state index in [4.69, 9.17) is 11.6 Å². The summed E-state index contributed by atoms with van der Waals surface area (Å²) in [5.74, 6) is 1.51. The Morgan fingerprint density at radius 3 is 2.65 bits per heavy atom. The number of rotatable bonds is 1. The molecule has 4 heteroatoms. The number of pyridine rings is 1. The number of hydrogen-bond donors (Lipinski definition) is 0. The summed E-state index contributed by atoms with van der Waals surface area (Å²) in [5, 5.41) is 5.18. The van der Waals surface area contributed by atoms with Gasteiger partial charge in [-0.05, 0) is 31.4 Å². The van der Waals surface area contributed by atoms with Gasteiger partial charge in [-0.1, -0.05) is 31.9 Å². The minimum Gasteiger partial charge on any atom is -0.219 e. The molecule has 1 saturated carbocycles. The highest BCUT2D eigenvalue weighted by molar-refractivity contribution is 6.34. The van der Waals surface area contributed by atoms with Gasteiger partial charge in [-0.2, -0.15) is 5.10 Å². The number of fused-ring (bicyclic) bond motifs is 1. The lowest BCUT2D eigenvalue weighted by atomic mass is 9.85. The first-order chi connectivity index (χ1) is 8.25. The molecule has 0 atom stereocenters. The van der Waals surface area contributed by atoms with E-state index in [2.05, 4.69) is 10.1 Å². The van der Waals surface area contributed by atoms with Crippen molar-refractivity contribution in [2.45, 2.75) is 46.0 Å². The van der Waals surface area contributed by atoms with Crippen LogP contribution >= 0.6 is 11.6 Å². The quantitative estimate of drug-likeness (QED) is 0.767. The highest BCUT2D eigenvalue weighted by atomic mass is 35.5. The minimum absolute atomic E-state index is 0.557. The van der Waals surface area contributed by atoms with Gasteiger partial charge < -0.3 is 0 Å². The number of aromatic nitrogens is 3. The lowest BCUT2D eigenvalue weighted by Crippen LogP contribution is -2.10. The Bertz CT molecular complexity index is 515. The van der Waals surface area contributed by atoms with Gasteiger partial charge in [-0.15, -0.1) is 0 Å². The molecule has 0 bridgehead atoms. The summed E-state index contributed by atoms with van der Waals surface area (Å²) in [5.41, 5.74) is 1.84. The van der Waals surface area contributed by atoms with E-state index in [0.717, 1.165) is 22.1 Å². The predicted octanol–water partition coefficient (Wildman–Crippen LogP) is 3.98. The zero-order valence-electron chi connectivity index (χ0n) is 10.6. The fourth-order valence-corrected chi connectivity index (χ4v) is 2.06. The maximum Gasteiger partial charge on any atom is 0.174 e. The van der Waals surface area contributed by atoms with Crippen molar-refractivity contribution in [3.8, 4) is 0 Å². The fourth-order valence-electron chi connectivity index (χ4n) is 1.86. The number of nitrogens with zero attached hydrogens (tertiary/aromatic N) is 3. The molecule has 0 spiro atoms. The van der Waals surface area contributed by atoms with Crippen molar-refractivity contribution in [3.05, 3.63) is 28.7 Å². The Hall–Kier alpha value is -1.09. The van der Waals surface area contributed by atoms with Crippen molar-refractivity contribution in [1.82, 2.24) is 14.6 Å². The molecular weight excluding hydrogens is 234 g/mol. The molecule has 3 nitrogen and oxygen atoms in total. The molecule has 0 radical (unpaired) electrons. The molecule has 1 fully saturated rings. The van der Waals surface area contributed by atoms with E-state index < -0.39 is 0 Å². The van der Waals surface area contributed by atoms with Crippen LogP contribution in [0, 0.1) is 6.92 Å². The predicted molar refractivity (Wildman–Crippen MR) is 70.7 cm³/mol. The second kappa shape index (κ2) is 5.05. The van der Waals surface area contributed by atoms with Gasteiger partial charge in [0, 0.05) is 12.1 Å². The molecule has 0 N–H and O–H groups in total. The Labute approximate surface area is 107 Å². The summed E-state index contributed by atoms with van der Waals surface area (Å²) >= 11 is 6.18. The average Bonchev–Trinajstić information content (AvgIpc) is 2.68. The lowest BCUT2D eigenvalue weighted by Gasteiger charge is -2.21. The zero-order valence-corrected chi connectivity index (χ0v) is 11.3. The molecule has 1 aliphatic rings. The third-order valence-electron chi connectivity index (χ3n) is 3.13. The van der Waals surface area contributed by atoms with Gasteiger partial charge in [-0.3, -0.25) is 0 Å². The van der Waals surface area contributed by atoms with Crippen LogP contribution < -0.4 is 0 Å². The van der Waals surface area contributed by atoms with Crippen LogP contribution in [0.4, 0.5) is 0 Å². The Kier molecular flexibility index (Phi) is 3.67. The molecule has 17 heavy (non-hydrogen) atoms. The Balaban J connectivity index is 0.000000514. The molecule has 0 unspecified atom stereocenters. The van der Waals surface area contributed by atoms with E-state index in [1.165, 1.54) is 19.3 Å². The summed E-state index contributed by atoms with van der Waals surface area (Å²) in [4.78, 5) is 4.51. The largest absolute Gasteiger partial charge is 0.219 e. The van der Waals surface area contributed by atoms with Gasteiger partial charge in [0.15, 0.2) is 11.5 Å². The van der Waals surface area contributed by atoms with E-state index >= 15 is 0 Å². The molecule has 2 aromatic heterocycles. The fraction of sp³-hybridized carbons (Fsp3) is 0.538. The Morgan fingerprint density at radius 1 is 1.35 bits per heavy atom. The molecule has 1 aliphatic carbocycles. The van der Waals surface area contributed by atoms with Crippen LogP contribution in [0.2, 0.25) is 5.02 Å². The van der Waals surface area contributed by atoms with Gasteiger partial charge in [0.25, 0.3) is 0 Å². The first-order valence-corrected chi connectivity index (χ1v) is 6.65. The summed E-state index contributed by atoms with van der Waals surface area (Å²) in [6.07, 6.45) is 5.65. The molecule has 0 aromatic carbocycles. The smallest absolute Gasteiger partial charge is 0.174 e. The van der Waals surface area contributed by atoms with Crippen LogP contribution in [0.3, 0.4) is 0 Å². The Morgan fingerprint density at radius 2 is 2.06 bits per heavy atom. The van der Waals surface area contributed by atoms with Crippen LogP contribution in [0.1, 0.15) is 50.4 Å². The van der Waals surface area contributed by atoms with Crippen molar-refractivity contribution in [2.75, 3.05) is 0 Å². The minimum atomic E-state index is 0.557. The average molecular weight is 252 g/mol. The summed E-state index contributed by atoms with van der Waals surface area (Å²) in [6, 6.07) is 1.97. The van der Waals surface area contributed by atoms with Crippen LogP contribution in [-0.4, -0.2) is 14.6 Å². The molecule has 0 saturated heterocycles. The van der Waals surface area contributed by atoms with E-state index in [9.17, 15) is 0 Å². The van der Waals surface area contributed by atoms with Crippen molar-refractivity contribution < 1.29 is 0 Å². The molecule has 0 aliphatic heterocycles. The highest BCUT2D eigenvalue weighted by Gasteiger charge is 2.24. The van der Waals surface area contributed by atoms with Crippen LogP contribution in [0.15, 0.2) is 12.3 Å². The number of halogens is 1. The van der Waals surface area contributed by atoms with Crippen molar-refractivity contribution >= 4 is 17.2 Å². The topological polar surface area (TPSA) is 30.2 Å². The molecule has 3 rings (SSSR count). The molecular formula is C13H18ClN3. The highest BCUT2D eigenvalue weighted by Crippen LogP contribution is 2.35. The number of aryl methyl sites for hydroxylation is 1. The molecule has 92 valence electrons. The molecule has 0 amide bonds. The standard InChI is InChI=1S/C11H12ClN3.C2H6/c1-7-5-6-15-11(9(7)12)13-10(14-15)8-3-2-4-8;1-2/h5-6,8H,2-4H2,1H3;1-2H3. The van der Waals surface area contributed by atoms with E-state index in [0.29, 0.717) is 5.92 Å². The molecule has 2 aromatic rings. The lowest BCUT2D eigenvalue weighted by molar-refractivity contribution is 0.402. The van der Waals surface area contributed by atoms with Crippen LogP contribution in [-0.2, 0) is 0 Å².